The van der Waals surface area contributed by atoms with Crippen molar-refractivity contribution < 1.29 is 28.7 Å². The average molecular weight is 441 g/mol. The van der Waals surface area contributed by atoms with Crippen LogP contribution in [0.1, 0.15) is 36.9 Å². The second-order valence-corrected chi connectivity index (χ2v) is 8.21. The van der Waals surface area contributed by atoms with Crippen molar-refractivity contribution in [1.29, 1.82) is 0 Å². The lowest BCUT2D eigenvalue weighted by molar-refractivity contribution is -0.858. The van der Waals surface area contributed by atoms with Gasteiger partial charge in [-0.15, -0.1) is 0 Å². The summed E-state index contributed by atoms with van der Waals surface area (Å²) in [6.45, 7) is 3.69. The number of Topliss-reactive ketones (excluding diaryl/α,β-unsaturated/α-hetero) is 1. The van der Waals surface area contributed by atoms with Crippen molar-refractivity contribution in [2.75, 3.05) is 33.8 Å². The van der Waals surface area contributed by atoms with Crippen LogP contribution in [-0.2, 0) is 9.59 Å². The monoisotopic (exact) mass is 440 g/mol. The van der Waals surface area contributed by atoms with E-state index in [1.54, 1.807) is 24.3 Å². The van der Waals surface area contributed by atoms with Crippen molar-refractivity contribution in [3.05, 3.63) is 71.0 Å². The van der Waals surface area contributed by atoms with Gasteiger partial charge in [0.2, 0.25) is 5.78 Å². The van der Waals surface area contributed by atoms with Crippen LogP contribution in [0.5, 0.6) is 5.75 Å². The summed E-state index contributed by atoms with van der Waals surface area (Å²) in [7, 11) is 4.02. The highest BCUT2D eigenvalue weighted by Crippen LogP contribution is 2.39. The molecule has 32 heavy (non-hydrogen) atoms. The molecule has 0 aliphatic carbocycles. The van der Waals surface area contributed by atoms with E-state index in [-0.39, 0.29) is 11.1 Å². The van der Waals surface area contributed by atoms with Crippen LogP contribution < -0.4 is 14.7 Å². The summed E-state index contributed by atoms with van der Waals surface area (Å²) in [6, 6.07) is 11.3. The third kappa shape index (κ3) is 5.16. The van der Waals surface area contributed by atoms with E-state index < -0.39 is 29.3 Å². The number of ether oxygens (including phenoxy) is 1. The first kappa shape index (κ1) is 23.5. The van der Waals surface area contributed by atoms with Gasteiger partial charge in [-0.3, -0.25) is 9.59 Å². The summed E-state index contributed by atoms with van der Waals surface area (Å²) in [5.74, 6) is -1.92. The number of benzene rings is 2. The molecule has 0 radical (unpaired) electrons. The van der Waals surface area contributed by atoms with Gasteiger partial charge in [0.15, 0.2) is 0 Å². The zero-order valence-corrected chi connectivity index (χ0v) is 18.7. The Hall–Kier alpha value is -3.19. The normalized spacial score (nSPS) is 17.9. The minimum atomic E-state index is -0.810. The van der Waals surface area contributed by atoms with Gasteiger partial charge in [0.1, 0.15) is 11.6 Å². The fraction of sp³-hybridized carbons (Fsp3) is 0.360. The maximum Gasteiger partial charge on any atom is 0.295 e. The third-order valence-corrected chi connectivity index (χ3v) is 5.36. The van der Waals surface area contributed by atoms with Crippen molar-refractivity contribution in [1.82, 2.24) is 4.90 Å². The molecule has 1 amide bonds. The van der Waals surface area contributed by atoms with Gasteiger partial charge < -0.3 is 19.6 Å². The fourth-order valence-corrected chi connectivity index (χ4v) is 3.80. The van der Waals surface area contributed by atoms with Gasteiger partial charge in [-0.1, -0.05) is 36.9 Å². The predicted molar refractivity (Wildman–Crippen MR) is 117 cm³/mol. The highest BCUT2D eigenvalue weighted by Gasteiger charge is 2.44. The summed E-state index contributed by atoms with van der Waals surface area (Å²) in [5, 5.41) is 13.3. The number of rotatable bonds is 9. The van der Waals surface area contributed by atoms with E-state index in [1.165, 1.54) is 34.1 Å². The number of carbonyl (C=O) groups excluding carboxylic acids is 2. The molecule has 1 N–H and O–H groups in total. The first-order chi connectivity index (χ1) is 15.3. The number of halogens is 1. The summed E-state index contributed by atoms with van der Waals surface area (Å²) in [6.07, 6.45) is 1.52. The molecule has 1 saturated heterocycles. The summed E-state index contributed by atoms with van der Waals surface area (Å²) in [5.41, 5.74) is 0.706. The van der Waals surface area contributed by atoms with Crippen molar-refractivity contribution in [2.24, 2.45) is 0 Å². The van der Waals surface area contributed by atoms with E-state index in [0.717, 1.165) is 13.0 Å². The van der Waals surface area contributed by atoms with Crippen molar-refractivity contribution >= 4 is 17.4 Å². The van der Waals surface area contributed by atoms with Gasteiger partial charge in [-0.2, -0.15) is 0 Å². The largest absolute Gasteiger partial charge is 0.872 e. The van der Waals surface area contributed by atoms with Gasteiger partial charge in [-0.25, -0.2) is 4.39 Å². The fourth-order valence-electron chi connectivity index (χ4n) is 3.80. The Balaban J connectivity index is 2.07. The molecule has 1 aliphatic rings. The highest BCUT2D eigenvalue weighted by atomic mass is 19.1. The standard InChI is InChI=1S/C25H29FN2O4/c1-4-15-32-20-8-5-7-18(16-20)22-21(23(29)17-9-11-19(26)12-10-17)24(30)25(31)28(22)14-6-13-27(2)3/h5,7-12,16,22,29H,4,6,13-15H2,1-3H3. The van der Waals surface area contributed by atoms with Crippen molar-refractivity contribution in [3.63, 3.8) is 0 Å². The molecule has 1 fully saturated rings. The summed E-state index contributed by atoms with van der Waals surface area (Å²) < 4.78 is 19.1. The van der Waals surface area contributed by atoms with Crippen LogP contribution in [0.15, 0.2) is 54.1 Å². The lowest BCUT2D eigenvalue weighted by Gasteiger charge is -2.28. The number of amides is 1. The van der Waals surface area contributed by atoms with Gasteiger partial charge in [0.05, 0.1) is 33.3 Å². The van der Waals surface area contributed by atoms with E-state index in [4.69, 9.17) is 4.74 Å². The first-order valence-electron chi connectivity index (χ1n) is 10.9. The maximum absolute atomic E-state index is 13.4. The molecule has 0 aromatic heterocycles. The Morgan fingerprint density at radius 1 is 1.16 bits per heavy atom. The lowest BCUT2D eigenvalue weighted by Crippen LogP contribution is -3.05. The summed E-state index contributed by atoms with van der Waals surface area (Å²) in [4.78, 5) is 28.6. The molecule has 0 bridgehead atoms. The van der Waals surface area contributed by atoms with Crippen LogP contribution >= 0.6 is 0 Å². The third-order valence-electron chi connectivity index (χ3n) is 5.36. The minimum Gasteiger partial charge on any atom is -0.872 e. The Kier molecular flexibility index (Phi) is 7.64. The van der Waals surface area contributed by atoms with Crippen LogP contribution in [0.4, 0.5) is 4.39 Å². The highest BCUT2D eigenvalue weighted by molar-refractivity contribution is 6.46. The van der Waals surface area contributed by atoms with Gasteiger partial charge >= 0.3 is 0 Å². The van der Waals surface area contributed by atoms with Crippen molar-refractivity contribution in [2.45, 2.75) is 25.8 Å². The average Bonchev–Trinajstić information content (AvgIpc) is 3.02. The number of nitrogens with one attached hydrogen (secondary N) is 1. The number of quaternary nitrogens is 1. The van der Waals surface area contributed by atoms with E-state index in [9.17, 15) is 19.1 Å². The number of hydrogen-bond acceptors (Lipinski definition) is 4. The van der Waals surface area contributed by atoms with Crippen LogP contribution in [0.2, 0.25) is 0 Å². The molecule has 3 rings (SSSR count). The van der Waals surface area contributed by atoms with E-state index in [0.29, 0.717) is 30.9 Å². The summed E-state index contributed by atoms with van der Waals surface area (Å²) >= 11 is 0. The molecule has 6 nitrogen and oxygen atoms in total. The second-order valence-electron chi connectivity index (χ2n) is 8.21. The zero-order valence-electron chi connectivity index (χ0n) is 18.7. The number of nitrogens with zero attached hydrogens (tertiary/aromatic N) is 1. The number of likely N-dealkylation sites (tertiary alicyclic amines) is 1. The molecule has 2 aromatic rings. The van der Waals surface area contributed by atoms with Gasteiger partial charge in [0, 0.05) is 18.5 Å². The van der Waals surface area contributed by atoms with Crippen LogP contribution in [0.3, 0.4) is 0 Å². The van der Waals surface area contributed by atoms with E-state index >= 15 is 0 Å². The van der Waals surface area contributed by atoms with Crippen molar-refractivity contribution in [3.8, 4) is 5.75 Å². The molecule has 0 spiro atoms. The minimum absolute atomic E-state index is 0.105. The van der Waals surface area contributed by atoms with E-state index in [1.807, 2.05) is 21.0 Å². The molecule has 1 heterocycles. The zero-order chi connectivity index (χ0) is 23.3. The van der Waals surface area contributed by atoms with Gasteiger partial charge in [-0.05, 0) is 41.8 Å². The molecular weight excluding hydrogens is 411 g/mol. The molecule has 1 aliphatic heterocycles. The molecule has 1 atom stereocenters. The van der Waals surface area contributed by atoms with E-state index in [2.05, 4.69) is 0 Å². The quantitative estimate of drug-likeness (QED) is 0.363. The number of ketones is 1. The maximum atomic E-state index is 13.4. The Morgan fingerprint density at radius 2 is 1.88 bits per heavy atom. The topological polar surface area (TPSA) is 74.1 Å². The smallest absolute Gasteiger partial charge is 0.295 e. The Labute approximate surface area is 187 Å². The molecule has 170 valence electrons. The van der Waals surface area contributed by atoms with Crippen LogP contribution in [-0.4, -0.2) is 50.4 Å². The van der Waals surface area contributed by atoms with Crippen LogP contribution in [0, 0.1) is 5.82 Å². The molecule has 1 unspecified atom stereocenters. The predicted octanol–water partition coefficient (Wildman–Crippen LogP) is 1.37. The Morgan fingerprint density at radius 3 is 2.53 bits per heavy atom. The SMILES string of the molecule is CCCOc1cccc(C2C(=C([O-])c3ccc(F)cc3)C(=O)C(=O)N2CCC[NH+](C)C)c1. The molecule has 0 saturated carbocycles. The number of carbonyl (C=O) groups is 2. The number of hydrogen-bond donors (Lipinski definition) is 1. The Bertz CT molecular complexity index is 1000. The molecule has 2 aromatic carbocycles. The van der Waals surface area contributed by atoms with Crippen LogP contribution in [0.25, 0.3) is 5.76 Å². The second kappa shape index (κ2) is 10.4. The first-order valence-corrected chi connectivity index (χ1v) is 10.9. The lowest BCUT2D eigenvalue weighted by atomic mass is 9.95. The molecular formula is C25H29FN2O4. The molecule has 7 heteroatoms. The van der Waals surface area contributed by atoms with Gasteiger partial charge in [0.25, 0.3) is 5.91 Å².